The first-order valence-electron chi connectivity index (χ1n) is 7.36. The highest BCUT2D eigenvalue weighted by Gasteiger charge is 2.27. The molecule has 26 heavy (non-hydrogen) atoms. The van der Waals surface area contributed by atoms with Crippen molar-refractivity contribution in [2.75, 3.05) is 31.0 Å². The summed E-state index contributed by atoms with van der Waals surface area (Å²) in [5, 5.41) is 0. The summed E-state index contributed by atoms with van der Waals surface area (Å²) < 4.78 is 59.4. The molecular formula is C14H14Cl2N2O5S3. The van der Waals surface area contributed by atoms with Crippen molar-refractivity contribution in [3.05, 3.63) is 39.0 Å². The Morgan fingerprint density at radius 1 is 1.08 bits per heavy atom. The molecular weight excluding hydrogens is 443 g/mol. The van der Waals surface area contributed by atoms with Crippen LogP contribution in [0.3, 0.4) is 0 Å². The quantitative estimate of drug-likeness (QED) is 0.746. The van der Waals surface area contributed by atoms with Crippen molar-refractivity contribution < 1.29 is 21.6 Å². The summed E-state index contributed by atoms with van der Waals surface area (Å²) in [6.07, 6.45) is 0. The minimum absolute atomic E-state index is 0.00551. The maximum absolute atomic E-state index is 12.7. The molecule has 0 atom stereocenters. The average molecular weight is 457 g/mol. The van der Waals surface area contributed by atoms with E-state index in [1.54, 1.807) is 0 Å². The van der Waals surface area contributed by atoms with Gasteiger partial charge in [0.15, 0.2) is 0 Å². The molecule has 1 aromatic carbocycles. The number of hydrogen-bond acceptors (Lipinski definition) is 6. The van der Waals surface area contributed by atoms with Crippen molar-refractivity contribution in [2.24, 2.45) is 0 Å². The van der Waals surface area contributed by atoms with Gasteiger partial charge in [-0.05, 0) is 24.3 Å². The lowest BCUT2D eigenvalue weighted by Crippen LogP contribution is -2.40. The zero-order chi connectivity index (χ0) is 18.9. The zero-order valence-corrected chi connectivity index (χ0v) is 17.1. The minimum Gasteiger partial charge on any atom is -0.379 e. The Labute approximate surface area is 165 Å². The molecule has 0 unspecified atom stereocenters. The first kappa shape index (κ1) is 19.9. The molecule has 12 heteroatoms. The lowest BCUT2D eigenvalue weighted by atomic mass is 10.3. The molecule has 0 saturated carbocycles. The summed E-state index contributed by atoms with van der Waals surface area (Å²) in [4.78, 5) is -0.162. The first-order valence-corrected chi connectivity index (χ1v) is 11.9. The predicted octanol–water partition coefficient (Wildman–Crippen LogP) is 2.88. The Balaban J connectivity index is 1.89. The molecule has 1 N–H and O–H groups in total. The second-order valence-corrected chi connectivity index (χ2v) is 11.2. The standard InChI is InChI=1S/C14H14Cl2N2O5S3/c15-13-9-12(14(16)24-13)25(19,20)17-10-2-1-3-11(8-10)26(21,22)18-4-6-23-7-5-18/h1-3,8-9,17H,4-7H2. The smallest absolute Gasteiger partial charge is 0.264 e. The van der Waals surface area contributed by atoms with E-state index in [1.165, 1.54) is 34.6 Å². The highest BCUT2D eigenvalue weighted by molar-refractivity contribution is 7.93. The number of hydrogen-bond donors (Lipinski definition) is 1. The van der Waals surface area contributed by atoms with Gasteiger partial charge in [-0.3, -0.25) is 4.72 Å². The number of benzene rings is 1. The Morgan fingerprint density at radius 2 is 1.77 bits per heavy atom. The molecule has 7 nitrogen and oxygen atoms in total. The van der Waals surface area contributed by atoms with Crippen LogP contribution in [0.1, 0.15) is 0 Å². The Hall–Kier alpha value is -0.880. The lowest BCUT2D eigenvalue weighted by Gasteiger charge is -2.26. The first-order chi connectivity index (χ1) is 12.2. The third-order valence-electron chi connectivity index (χ3n) is 3.61. The molecule has 1 aliphatic heterocycles. The zero-order valence-electron chi connectivity index (χ0n) is 13.2. The van der Waals surface area contributed by atoms with Crippen molar-refractivity contribution >= 4 is 60.3 Å². The van der Waals surface area contributed by atoms with Gasteiger partial charge in [0.1, 0.15) is 9.23 Å². The summed E-state index contributed by atoms with van der Waals surface area (Å²) in [5.74, 6) is 0. The van der Waals surface area contributed by atoms with Gasteiger partial charge < -0.3 is 4.74 Å². The van der Waals surface area contributed by atoms with Gasteiger partial charge in [0.2, 0.25) is 10.0 Å². The van der Waals surface area contributed by atoms with E-state index in [9.17, 15) is 16.8 Å². The van der Waals surface area contributed by atoms with Crippen LogP contribution >= 0.6 is 34.5 Å². The Kier molecular flexibility index (Phi) is 5.83. The number of nitrogens with one attached hydrogen (secondary N) is 1. The van der Waals surface area contributed by atoms with Crippen molar-refractivity contribution in [3.8, 4) is 0 Å². The van der Waals surface area contributed by atoms with Crippen LogP contribution in [0.5, 0.6) is 0 Å². The van der Waals surface area contributed by atoms with Gasteiger partial charge >= 0.3 is 0 Å². The molecule has 0 radical (unpaired) electrons. The highest BCUT2D eigenvalue weighted by atomic mass is 35.5. The number of sulfonamides is 2. The van der Waals surface area contributed by atoms with Gasteiger partial charge in [-0.25, -0.2) is 16.8 Å². The van der Waals surface area contributed by atoms with Crippen LogP contribution in [0, 0.1) is 0 Å². The summed E-state index contributed by atoms with van der Waals surface area (Å²) >= 11 is 12.6. The number of nitrogens with zero attached hydrogens (tertiary/aromatic N) is 1. The number of halogens is 2. The molecule has 0 aliphatic carbocycles. The summed E-state index contributed by atoms with van der Waals surface area (Å²) in [7, 11) is -7.73. The van der Waals surface area contributed by atoms with E-state index < -0.39 is 20.0 Å². The third kappa shape index (κ3) is 4.16. The van der Waals surface area contributed by atoms with Gasteiger partial charge in [0.05, 0.1) is 28.1 Å². The molecule has 3 rings (SSSR count). The van der Waals surface area contributed by atoms with Gasteiger partial charge in [-0.2, -0.15) is 4.31 Å². The van der Waals surface area contributed by atoms with Crippen molar-refractivity contribution in [2.45, 2.75) is 9.79 Å². The Morgan fingerprint density at radius 3 is 2.38 bits per heavy atom. The van der Waals surface area contributed by atoms with Crippen LogP contribution in [0.15, 0.2) is 40.1 Å². The van der Waals surface area contributed by atoms with Crippen molar-refractivity contribution in [1.29, 1.82) is 0 Å². The fraction of sp³-hybridized carbons (Fsp3) is 0.286. The molecule has 0 amide bonds. The van der Waals surface area contributed by atoms with Crippen LogP contribution < -0.4 is 4.72 Å². The van der Waals surface area contributed by atoms with Crippen LogP contribution in [-0.4, -0.2) is 47.4 Å². The summed E-state index contributed by atoms with van der Waals surface area (Å²) in [5.41, 5.74) is 0.109. The molecule has 1 fully saturated rings. The molecule has 0 spiro atoms. The van der Waals surface area contributed by atoms with Gasteiger partial charge in [-0.15, -0.1) is 11.3 Å². The van der Waals surface area contributed by atoms with Gasteiger partial charge in [0.25, 0.3) is 10.0 Å². The minimum atomic E-state index is -3.99. The van der Waals surface area contributed by atoms with Crippen LogP contribution in [0.25, 0.3) is 0 Å². The normalized spacial score (nSPS) is 16.5. The van der Waals surface area contributed by atoms with E-state index in [2.05, 4.69) is 4.72 Å². The third-order valence-corrected chi connectivity index (χ3v) is 8.64. The number of thiophene rings is 1. The van der Waals surface area contributed by atoms with Crippen molar-refractivity contribution in [1.82, 2.24) is 4.31 Å². The van der Waals surface area contributed by atoms with Gasteiger partial charge in [-0.1, -0.05) is 29.3 Å². The van der Waals surface area contributed by atoms with Crippen molar-refractivity contribution in [3.63, 3.8) is 0 Å². The van der Waals surface area contributed by atoms with E-state index in [0.29, 0.717) is 13.2 Å². The lowest BCUT2D eigenvalue weighted by molar-refractivity contribution is 0.0730. The van der Waals surface area contributed by atoms with E-state index >= 15 is 0 Å². The maximum atomic E-state index is 12.7. The van der Waals surface area contributed by atoms with Crippen LogP contribution in [-0.2, 0) is 24.8 Å². The summed E-state index contributed by atoms with van der Waals surface area (Å²) in [6, 6.07) is 6.84. The summed E-state index contributed by atoms with van der Waals surface area (Å²) in [6.45, 7) is 1.15. The highest BCUT2D eigenvalue weighted by Crippen LogP contribution is 2.35. The molecule has 1 aliphatic rings. The second kappa shape index (κ2) is 7.63. The monoisotopic (exact) mass is 456 g/mol. The number of rotatable bonds is 5. The average Bonchev–Trinajstić information content (AvgIpc) is 2.95. The van der Waals surface area contributed by atoms with E-state index in [0.717, 1.165) is 11.3 Å². The second-order valence-electron chi connectivity index (χ2n) is 5.34. The SMILES string of the molecule is O=S(=O)(Nc1cccc(S(=O)(=O)N2CCOCC2)c1)c1cc(Cl)sc1Cl. The predicted molar refractivity (Wildman–Crippen MR) is 101 cm³/mol. The number of ether oxygens (including phenoxy) is 1. The molecule has 142 valence electrons. The fourth-order valence-electron chi connectivity index (χ4n) is 2.37. The molecule has 1 aromatic heterocycles. The van der Waals surface area contributed by atoms with Crippen LogP contribution in [0.4, 0.5) is 5.69 Å². The largest absolute Gasteiger partial charge is 0.379 e. The van der Waals surface area contributed by atoms with E-state index in [-0.39, 0.29) is 37.2 Å². The number of morpholine rings is 1. The molecule has 2 heterocycles. The fourth-order valence-corrected chi connectivity index (χ4v) is 7.03. The Bertz CT molecular complexity index is 1010. The van der Waals surface area contributed by atoms with E-state index in [1.807, 2.05) is 0 Å². The molecule has 1 saturated heterocycles. The number of anilines is 1. The van der Waals surface area contributed by atoms with Gasteiger partial charge in [0, 0.05) is 13.1 Å². The van der Waals surface area contributed by atoms with Crippen LogP contribution in [0.2, 0.25) is 8.67 Å². The maximum Gasteiger partial charge on any atom is 0.264 e. The molecule has 0 bridgehead atoms. The topological polar surface area (TPSA) is 92.8 Å². The van der Waals surface area contributed by atoms with E-state index in [4.69, 9.17) is 27.9 Å². The molecule has 2 aromatic rings.